The maximum Gasteiger partial charge on any atom is 0.299 e. The van der Waals surface area contributed by atoms with Crippen molar-refractivity contribution in [2.24, 2.45) is 5.11 Å². The van der Waals surface area contributed by atoms with E-state index in [-0.39, 0.29) is 16.5 Å². The van der Waals surface area contributed by atoms with Gasteiger partial charge < -0.3 is 10.8 Å². The van der Waals surface area contributed by atoms with Crippen LogP contribution >= 0.6 is 0 Å². The number of anilines is 1. The molecule has 12 heteroatoms. The van der Waals surface area contributed by atoms with E-state index in [4.69, 9.17) is 11.3 Å². The van der Waals surface area contributed by atoms with Crippen LogP contribution in [0.5, 0.6) is 5.75 Å². The average molecular weight is 347 g/mol. The van der Waals surface area contributed by atoms with Gasteiger partial charge in [0, 0.05) is 11.1 Å². The number of nitrogens with zero attached hydrogens (tertiary/aromatic N) is 1. The summed E-state index contributed by atoms with van der Waals surface area (Å²) >= 11 is 0. The molecule has 0 radical (unpaired) electrons. The highest BCUT2D eigenvalue weighted by Crippen LogP contribution is 2.46. The van der Waals surface area contributed by atoms with Crippen molar-refractivity contribution in [3.05, 3.63) is 18.2 Å². The first-order valence-corrected chi connectivity index (χ1v) is 8.27. The molecule has 0 bridgehead atoms. The fraction of sp³-hybridized carbons (Fsp3) is 0. The van der Waals surface area contributed by atoms with E-state index in [1.807, 2.05) is 0 Å². The molecule has 0 aliphatic heterocycles. The summed E-state index contributed by atoms with van der Waals surface area (Å²) in [6.45, 7) is 0. The minimum Gasteiger partial charge on any atom is -0.506 e. The van der Waals surface area contributed by atoms with Crippen LogP contribution in [0.15, 0.2) is 33.1 Å². The van der Waals surface area contributed by atoms with Gasteiger partial charge in [-0.1, -0.05) is 12.1 Å². The summed E-state index contributed by atoms with van der Waals surface area (Å²) in [6, 6.07) is 3.82. The molecule has 0 atom stereocenters. The Morgan fingerprint density at radius 3 is 2.05 bits per heavy atom. The molecule has 0 aliphatic rings. The summed E-state index contributed by atoms with van der Waals surface area (Å²) in [4.78, 5) is -2.90. The number of phenolic OH excluding ortho intramolecular Hbond substituents is 1. The number of phenols is 1. The van der Waals surface area contributed by atoms with Gasteiger partial charge in [0.25, 0.3) is 20.2 Å². The average Bonchev–Trinajstić information content (AvgIpc) is 2.35. The number of nitrogens with two attached hydrogens (primary N) is 1. The fourth-order valence-electron chi connectivity index (χ4n) is 2.07. The summed E-state index contributed by atoms with van der Waals surface area (Å²) in [5.41, 5.74) is 11.7. The summed E-state index contributed by atoms with van der Waals surface area (Å²) in [6.07, 6.45) is 0. The van der Waals surface area contributed by atoms with Gasteiger partial charge in [-0.3, -0.25) is 9.11 Å². The Kier molecular flexibility index (Phi) is 3.57. The maximum absolute atomic E-state index is 11.5. The van der Waals surface area contributed by atoms with Crippen molar-refractivity contribution < 1.29 is 31.0 Å². The lowest BCUT2D eigenvalue weighted by atomic mass is 10.1. The molecule has 0 aromatic heterocycles. The van der Waals surface area contributed by atoms with Crippen molar-refractivity contribution in [1.82, 2.24) is 0 Å². The largest absolute Gasteiger partial charge is 0.506 e. The van der Waals surface area contributed by atoms with Gasteiger partial charge in [-0.2, -0.15) is 21.9 Å². The smallest absolute Gasteiger partial charge is 0.299 e. The number of benzene rings is 2. The molecule has 22 heavy (non-hydrogen) atoms. The molecule has 2 rings (SSSR count). The van der Waals surface area contributed by atoms with Crippen molar-refractivity contribution in [2.45, 2.75) is 9.79 Å². The monoisotopic (exact) mass is 347 g/mol. The second-order valence-corrected chi connectivity index (χ2v) is 6.90. The lowest BCUT2D eigenvalue weighted by molar-refractivity contribution is 0.435. The van der Waals surface area contributed by atoms with Gasteiger partial charge in [-0.05, 0) is 6.07 Å². The third-order valence-electron chi connectivity index (χ3n) is 2.85. The first-order valence-electron chi connectivity index (χ1n) is 5.39. The van der Waals surface area contributed by atoms with Crippen LogP contribution in [-0.4, -0.2) is 31.0 Å². The van der Waals surface area contributed by atoms with Crippen LogP contribution < -0.4 is 5.73 Å². The number of rotatable bonds is 3. The highest BCUT2D eigenvalue weighted by molar-refractivity contribution is 7.89. The number of nitrogens with one attached hydrogen (secondary N) is 1. The second-order valence-electron chi connectivity index (χ2n) is 4.19. The number of hydrogen-bond acceptors (Lipinski definition) is 8. The minimum absolute atomic E-state index is 0.147. The molecule has 0 spiro atoms. The predicted octanol–water partition coefficient (Wildman–Crippen LogP) is 1.28. The lowest BCUT2D eigenvalue weighted by Crippen LogP contribution is -2.10. The van der Waals surface area contributed by atoms with Gasteiger partial charge in [0.2, 0.25) is 0 Å². The van der Waals surface area contributed by atoms with E-state index in [2.05, 4.69) is 5.11 Å². The van der Waals surface area contributed by atoms with E-state index in [1.165, 1.54) is 18.2 Å². The minimum atomic E-state index is -5.28. The van der Waals surface area contributed by atoms with Crippen LogP contribution in [0.25, 0.3) is 10.8 Å². The summed E-state index contributed by atoms with van der Waals surface area (Å²) < 4.78 is 64.1. The summed E-state index contributed by atoms with van der Waals surface area (Å²) in [5.74, 6) is -1.17. The zero-order valence-corrected chi connectivity index (χ0v) is 12.2. The van der Waals surface area contributed by atoms with Crippen LogP contribution in [0.4, 0.5) is 11.4 Å². The molecular formula is C10H9N3O7S2. The molecule has 10 nitrogen and oxygen atoms in total. The molecule has 0 saturated carbocycles. The van der Waals surface area contributed by atoms with Crippen LogP contribution in [0.3, 0.4) is 0 Å². The third-order valence-corrected chi connectivity index (χ3v) is 4.81. The Hall–Kier alpha value is -2.28. The van der Waals surface area contributed by atoms with Crippen molar-refractivity contribution in [3.63, 3.8) is 0 Å². The topological polar surface area (TPSA) is 191 Å². The molecule has 2 aromatic rings. The molecule has 2 aromatic carbocycles. The first kappa shape index (κ1) is 16.1. The van der Waals surface area contributed by atoms with Crippen molar-refractivity contribution in [2.75, 3.05) is 5.73 Å². The second kappa shape index (κ2) is 4.88. The predicted molar refractivity (Wildman–Crippen MR) is 74.5 cm³/mol. The molecule has 0 heterocycles. The van der Waals surface area contributed by atoms with Gasteiger partial charge in [0.05, 0.1) is 5.39 Å². The highest BCUT2D eigenvalue weighted by Gasteiger charge is 2.34. The fourth-order valence-corrected chi connectivity index (χ4v) is 4.11. The lowest BCUT2D eigenvalue weighted by Gasteiger charge is -2.14. The van der Waals surface area contributed by atoms with Gasteiger partial charge in [0.15, 0.2) is 4.90 Å². The van der Waals surface area contributed by atoms with E-state index >= 15 is 0 Å². The van der Waals surface area contributed by atoms with E-state index in [9.17, 15) is 31.0 Å². The van der Waals surface area contributed by atoms with Crippen LogP contribution in [0.1, 0.15) is 0 Å². The molecule has 0 amide bonds. The summed E-state index contributed by atoms with van der Waals surface area (Å²) in [5, 5.41) is 12.4. The quantitative estimate of drug-likeness (QED) is 0.311. The molecule has 0 fully saturated rings. The van der Waals surface area contributed by atoms with E-state index in [0.29, 0.717) is 0 Å². The van der Waals surface area contributed by atoms with Crippen molar-refractivity contribution in [3.8, 4) is 5.75 Å². The molecule has 6 N–H and O–H groups in total. The summed E-state index contributed by atoms with van der Waals surface area (Å²) in [7, 11) is -10.5. The first-order chi connectivity index (χ1) is 10.00. The van der Waals surface area contributed by atoms with Crippen molar-refractivity contribution >= 4 is 42.4 Å². The Morgan fingerprint density at radius 2 is 1.59 bits per heavy atom. The van der Waals surface area contributed by atoms with Gasteiger partial charge in [0.1, 0.15) is 16.3 Å². The number of hydrogen-bond donors (Lipinski definition) is 5. The van der Waals surface area contributed by atoms with Gasteiger partial charge in [-0.15, -0.1) is 0 Å². The van der Waals surface area contributed by atoms with E-state index in [1.54, 1.807) is 0 Å². The maximum atomic E-state index is 11.5. The van der Waals surface area contributed by atoms with Crippen LogP contribution in [0, 0.1) is 5.53 Å². The zero-order chi connectivity index (χ0) is 16.9. The van der Waals surface area contributed by atoms with Crippen LogP contribution in [0.2, 0.25) is 0 Å². The Labute approximate surface area is 124 Å². The number of aromatic hydroxyl groups is 1. The SMILES string of the molecule is N=Nc1c(S(=O)(=O)O)c(S(=O)(=O)O)c(O)c2c(N)cccc12. The Balaban J connectivity index is 3.35. The Morgan fingerprint density at radius 1 is 1.05 bits per heavy atom. The van der Waals surface area contributed by atoms with Gasteiger partial charge in [-0.25, -0.2) is 5.53 Å². The van der Waals surface area contributed by atoms with Crippen molar-refractivity contribution in [1.29, 1.82) is 5.53 Å². The molecule has 0 aliphatic carbocycles. The highest BCUT2D eigenvalue weighted by atomic mass is 32.2. The van der Waals surface area contributed by atoms with E-state index < -0.39 is 41.5 Å². The van der Waals surface area contributed by atoms with Crippen LogP contribution in [-0.2, 0) is 20.2 Å². The third kappa shape index (κ3) is 2.37. The molecule has 0 saturated heterocycles. The molecule has 0 unspecified atom stereocenters. The number of fused-ring (bicyclic) bond motifs is 1. The Bertz CT molecular complexity index is 1010. The zero-order valence-electron chi connectivity index (χ0n) is 10.5. The standard InChI is InChI=1S/C10H9N3O7S2/c11-5-3-1-2-4-6(5)8(14)10(22(18,19)20)9(7(4)13-12)21(15,16)17/h1-3,12,14H,11H2,(H,15,16,17)(H,18,19,20). The number of nitrogen functional groups attached to an aromatic ring is 1. The molecular weight excluding hydrogens is 338 g/mol. The van der Waals surface area contributed by atoms with E-state index in [0.717, 1.165) is 0 Å². The van der Waals surface area contributed by atoms with Gasteiger partial charge >= 0.3 is 0 Å². The molecule has 118 valence electrons. The normalized spacial score (nSPS) is 12.5.